The zero-order valence-corrected chi connectivity index (χ0v) is 26.3. The molecule has 0 radical (unpaired) electrons. The highest BCUT2D eigenvalue weighted by atomic mass is 28.4. The van der Waals surface area contributed by atoms with E-state index in [4.69, 9.17) is 46.7 Å². The smallest absolute Gasteiger partial charge is 0.177 e. The molecule has 0 aromatic rings. The Labute approximate surface area is 227 Å². The summed E-state index contributed by atoms with van der Waals surface area (Å²) in [6, 6.07) is 0.956. The third-order valence-corrected chi connectivity index (χ3v) is 10.3. The summed E-state index contributed by atoms with van der Waals surface area (Å²) in [5.74, 6) is 0. The van der Waals surface area contributed by atoms with E-state index in [-0.39, 0.29) is 0 Å². The Morgan fingerprint density at radius 1 is 0.459 bits per heavy atom. The van der Waals surface area contributed by atoms with Crippen LogP contribution >= 0.6 is 0 Å². The number of hydrogen-bond acceptors (Lipinski definition) is 10. The molecule has 0 amide bonds. The third kappa shape index (κ3) is 31.7. The number of ether oxygens (including phenoxy) is 9. The molecule has 0 aromatic carbocycles. The van der Waals surface area contributed by atoms with E-state index in [1.165, 1.54) is 0 Å². The van der Waals surface area contributed by atoms with Gasteiger partial charge in [-0.1, -0.05) is 6.08 Å². The van der Waals surface area contributed by atoms with Crippen LogP contribution in [0.2, 0.25) is 38.8 Å². The maximum atomic E-state index is 6.29. The monoisotopic (exact) mass is 570 g/mol. The molecule has 0 saturated carbocycles. The molecule has 0 aliphatic rings. The summed E-state index contributed by atoms with van der Waals surface area (Å²) in [7, 11) is -1.48. The van der Waals surface area contributed by atoms with E-state index in [1.54, 1.807) is 13.4 Å². The summed E-state index contributed by atoms with van der Waals surface area (Å²) in [4.78, 5) is 0. The molecule has 10 nitrogen and oxygen atoms in total. The van der Waals surface area contributed by atoms with Gasteiger partial charge in [-0.05, 0) is 38.8 Å². The largest absolute Gasteiger partial charge is 0.499 e. The van der Waals surface area contributed by atoms with Crippen molar-refractivity contribution in [3.63, 3.8) is 0 Å². The zero-order valence-electron chi connectivity index (χ0n) is 24.3. The van der Waals surface area contributed by atoms with Crippen LogP contribution in [-0.4, -0.2) is 129 Å². The van der Waals surface area contributed by atoms with Crippen molar-refractivity contribution in [3.8, 4) is 0 Å². The molecule has 0 N–H and O–H groups in total. The molecular weight excluding hydrogens is 516 g/mol. The van der Waals surface area contributed by atoms with Gasteiger partial charge in [0.1, 0.15) is 6.61 Å². The molecule has 0 saturated heterocycles. The molecule has 0 bridgehead atoms. The van der Waals surface area contributed by atoms with E-state index >= 15 is 0 Å². The molecular formula is C25H54O10Si2. The van der Waals surface area contributed by atoms with E-state index in [9.17, 15) is 0 Å². The van der Waals surface area contributed by atoms with Gasteiger partial charge in [0.2, 0.25) is 0 Å². The summed E-state index contributed by atoms with van der Waals surface area (Å²) in [5, 5.41) is 0. The summed E-state index contributed by atoms with van der Waals surface area (Å²) >= 11 is 0. The highest BCUT2D eigenvalue weighted by Crippen LogP contribution is 2.18. The van der Waals surface area contributed by atoms with Crippen LogP contribution in [-0.2, 0) is 46.7 Å². The fourth-order valence-electron chi connectivity index (χ4n) is 3.01. The lowest BCUT2D eigenvalue weighted by molar-refractivity contribution is -0.0230. The second-order valence-corrected chi connectivity index (χ2v) is 18.7. The van der Waals surface area contributed by atoms with Crippen LogP contribution in [0.3, 0.4) is 0 Å². The van der Waals surface area contributed by atoms with Crippen LogP contribution in [0.25, 0.3) is 0 Å². The van der Waals surface area contributed by atoms with Crippen molar-refractivity contribution < 1.29 is 46.7 Å². The van der Waals surface area contributed by atoms with Gasteiger partial charge in [0.25, 0.3) is 0 Å². The third-order valence-electron chi connectivity index (χ3n) is 4.39. The first-order valence-corrected chi connectivity index (χ1v) is 19.8. The van der Waals surface area contributed by atoms with Crippen molar-refractivity contribution in [2.75, 3.05) is 113 Å². The van der Waals surface area contributed by atoms with Gasteiger partial charge in [-0.2, -0.15) is 0 Å². The lowest BCUT2D eigenvalue weighted by atomic mass is 10.6. The summed E-state index contributed by atoms with van der Waals surface area (Å²) in [5.41, 5.74) is 0. The van der Waals surface area contributed by atoms with Crippen LogP contribution < -0.4 is 0 Å². The Morgan fingerprint density at radius 2 is 0.784 bits per heavy atom. The fourth-order valence-corrected chi connectivity index (χ4v) is 10.6. The molecule has 0 unspecified atom stereocenters. The van der Waals surface area contributed by atoms with Crippen LogP contribution in [0.1, 0.15) is 0 Å². The Bertz CT molecular complexity index is 504. The van der Waals surface area contributed by atoms with E-state index in [2.05, 4.69) is 38.8 Å². The van der Waals surface area contributed by atoms with Crippen LogP contribution in [0.5, 0.6) is 0 Å². The molecule has 0 rings (SSSR count). The normalized spacial score (nSPS) is 12.6. The standard InChI is InChI=1S/C25H54O10Si2/c1-26-9-10-28-13-14-30-17-18-32-21-22-34-24-23-33-20-19-31-16-15-29-12-11-27-8-7-25-37(5,6)35-36(2,3)4/h7-8H,9-25H2,1-6H3/b8-7+. The number of allylic oxidation sites excluding steroid dienone is 1. The topological polar surface area (TPSA) is 92.3 Å². The van der Waals surface area contributed by atoms with Gasteiger partial charge in [0, 0.05) is 7.11 Å². The second-order valence-electron chi connectivity index (χ2n) is 9.70. The maximum absolute atomic E-state index is 6.29. The minimum atomic E-state index is -1.64. The number of methoxy groups -OCH3 is 1. The number of rotatable bonds is 29. The van der Waals surface area contributed by atoms with Gasteiger partial charge < -0.3 is 46.7 Å². The molecule has 0 spiro atoms. The predicted molar refractivity (Wildman–Crippen MR) is 149 cm³/mol. The average Bonchev–Trinajstić information content (AvgIpc) is 2.82. The van der Waals surface area contributed by atoms with Crippen molar-refractivity contribution in [1.29, 1.82) is 0 Å². The van der Waals surface area contributed by atoms with Crippen molar-refractivity contribution in [3.05, 3.63) is 12.3 Å². The van der Waals surface area contributed by atoms with Gasteiger partial charge >= 0.3 is 0 Å². The minimum Gasteiger partial charge on any atom is -0.499 e. The van der Waals surface area contributed by atoms with Crippen molar-refractivity contribution in [2.45, 2.75) is 38.8 Å². The Kier molecular flexibility index (Phi) is 25.6. The molecule has 222 valence electrons. The molecule has 0 aromatic heterocycles. The Morgan fingerprint density at radius 3 is 1.11 bits per heavy atom. The molecule has 37 heavy (non-hydrogen) atoms. The van der Waals surface area contributed by atoms with Gasteiger partial charge in [-0.15, -0.1) is 0 Å². The molecule has 0 fully saturated rings. The van der Waals surface area contributed by atoms with E-state index < -0.39 is 16.6 Å². The lowest BCUT2D eigenvalue weighted by Crippen LogP contribution is -2.41. The van der Waals surface area contributed by atoms with E-state index in [0.29, 0.717) is 106 Å². The first kappa shape index (κ1) is 36.6. The first-order valence-electron chi connectivity index (χ1n) is 13.3. The minimum absolute atomic E-state index is 0.528. The fraction of sp³-hybridized carbons (Fsp3) is 0.920. The Balaban J connectivity index is 3.21. The zero-order chi connectivity index (χ0) is 27.5. The molecule has 0 atom stereocenters. The van der Waals surface area contributed by atoms with E-state index in [0.717, 1.165) is 6.04 Å². The Hall–Kier alpha value is -0.386. The second kappa shape index (κ2) is 25.9. The molecule has 0 aliphatic heterocycles. The quantitative estimate of drug-likeness (QED) is 0.0757. The molecule has 0 heterocycles. The van der Waals surface area contributed by atoms with Crippen molar-refractivity contribution in [1.82, 2.24) is 0 Å². The highest BCUT2D eigenvalue weighted by Gasteiger charge is 2.28. The van der Waals surface area contributed by atoms with Crippen molar-refractivity contribution >= 4 is 16.6 Å². The lowest BCUT2D eigenvalue weighted by Gasteiger charge is -2.30. The predicted octanol–water partition coefficient (Wildman–Crippen LogP) is 3.34. The highest BCUT2D eigenvalue weighted by molar-refractivity contribution is 6.84. The van der Waals surface area contributed by atoms with Crippen LogP contribution in [0.4, 0.5) is 0 Å². The van der Waals surface area contributed by atoms with Crippen LogP contribution in [0, 0.1) is 0 Å². The van der Waals surface area contributed by atoms with E-state index in [1.807, 2.05) is 0 Å². The van der Waals surface area contributed by atoms with Crippen LogP contribution in [0.15, 0.2) is 12.3 Å². The van der Waals surface area contributed by atoms with Gasteiger partial charge in [0.15, 0.2) is 16.6 Å². The average molecular weight is 571 g/mol. The van der Waals surface area contributed by atoms with Crippen molar-refractivity contribution in [2.24, 2.45) is 0 Å². The summed E-state index contributed by atoms with van der Waals surface area (Å²) in [6.45, 7) is 19.9. The van der Waals surface area contributed by atoms with Gasteiger partial charge in [0.05, 0.1) is 105 Å². The first-order chi connectivity index (χ1) is 17.8. The molecule has 0 aliphatic carbocycles. The molecule has 12 heteroatoms. The van der Waals surface area contributed by atoms with Gasteiger partial charge in [-0.3, -0.25) is 0 Å². The SMILES string of the molecule is COCCOCCOCCOCCOCCOCCOCCOCCO/C=C/C[Si](C)(C)O[Si](C)(C)C. The summed E-state index contributed by atoms with van der Waals surface area (Å²) in [6.07, 6.45) is 3.83. The maximum Gasteiger partial charge on any atom is 0.177 e. The van der Waals surface area contributed by atoms with Gasteiger partial charge in [-0.25, -0.2) is 0 Å². The summed E-state index contributed by atoms with van der Waals surface area (Å²) < 4.78 is 54.7. The number of hydrogen-bond donors (Lipinski definition) is 0.